The van der Waals surface area contributed by atoms with E-state index in [9.17, 15) is 14.4 Å². The number of carbonyl (C=O) groups excluding carboxylic acids is 3. The SMILES string of the molecule is CC1(c2ccc(C#N)cc2)NC(=O)N(CC(=O)Nc2ccccc2Sc2ccccc2)C1=O. The summed E-state index contributed by atoms with van der Waals surface area (Å²) in [5.74, 6) is -1.01. The molecule has 8 heteroatoms. The van der Waals surface area contributed by atoms with Gasteiger partial charge in [-0.2, -0.15) is 5.26 Å². The Morgan fingerprint density at radius 2 is 1.70 bits per heavy atom. The summed E-state index contributed by atoms with van der Waals surface area (Å²) in [4.78, 5) is 41.2. The Labute approximate surface area is 195 Å². The van der Waals surface area contributed by atoms with Gasteiger partial charge in [0.1, 0.15) is 12.1 Å². The van der Waals surface area contributed by atoms with Gasteiger partial charge >= 0.3 is 6.03 Å². The summed E-state index contributed by atoms with van der Waals surface area (Å²) in [5.41, 5.74) is 0.264. The molecule has 0 aromatic heterocycles. The zero-order chi connectivity index (χ0) is 23.4. The first-order valence-corrected chi connectivity index (χ1v) is 11.0. The fourth-order valence-corrected chi connectivity index (χ4v) is 4.44. The van der Waals surface area contributed by atoms with E-state index in [1.165, 1.54) is 11.8 Å². The first-order valence-electron chi connectivity index (χ1n) is 10.2. The number of anilines is 1. The number of hydrogen-bond donors (Lipinski definition) is 2. The summed E-state index contributed by atoms with van der Waals surface area (Å²) >= 11 is 1.50. The van der Waals surface area contributed by atoms with E-state index in [4.69, 9.17) is 5.26 Å². The van der Waals surface area contributed by atoms with Crippen LogP contribution < -0.4 is 10.6 Å². The molecule has 1 unspecified atom stereocenters. The number of imide groups is 1. The number of amides is 4. The molecule has 3 aromatic rings. The van der Waals surface area contributed by atoms with Crippen molar-refractivity contribution >= 4 is 35.3 Å². The average Bonchev–Trinajstić information content (AvgIpc) is 3.05. The molecule has 0 aliphatic carbocycles. The molecule has 1 aliphatic heterocycles. The lowest BCUT2D eigenvalue weighted by molar-refractivity contribution is -0.133. The Balaban J connectivity index is 1.47. The summed E-state index contributed by atoms with van der Waals surface area (Å²) in [6.45, 7) is 1.17. The molecule has 1 heterocycles. The van der Waals surface area contributed by atoms with Crippen LogP contribution in [0.4, 0.5) is 10.5 Å². The van der Waals surface area contributed by atoms with Gasteiger partial charge in [0.2, 0.25) is 5.91 Å². The number of para-hydroxylation sites is 1. The molecule has 2 N–H and O–H groups in total. The van der Waals surface area contributed by atoms with E-state index in [1.807, 2.05) is 48.5 Å². The van der Waals surface area contributed by atoms with E-state index >= 15 is 0 Å². The highest BCUT2D eigenvalue weighted by atomic mass is 32.2. The normalized spacial score (nSPS) is 17.4. The maximum Gasteiger partial charge on any atom is 0.325 e. The monoisotopic (exact) mass is 456 g/mol. The molecule has 0 radical (unpaired) electrons. The molecule has 1 aliphatic rings. The fraction of sp³-hybridized carbons (Fsp3) is 0.120. The van der Waals surface area contributed by atoms with E-state index in [2.05, 4.69) is 10.6 Å². The van der Waals surface area contributed by atoms with E-state index in [0.29, 0.717) is 16.8 Å². The molecule has 164 valence electrons. The van der Waals surface area contributed by atoms with E-state index in [-0.39, 0.29) is 0 Å². The van der Waals surface area contributed by atoms with Crippen molar-refractivity contribution in [2.45, 2.75) is 22.3 Å². The predicted molar refractivity (Wildman–Crippen MR) is 124 cm³/mol. The van der Waals surface area contributed by atoms with Gasteiger partial charge in [0.15, 0.2) is 0 Å². The summed E-state index contributed by atoms with van der Waals surface area (Å²) < 4.78 is 0. The molecule has 1 saturated heterocycles. The minimum absolute atomic E-state index is 0.416. The van der Waals surface area contributed by atoms with E-state index < -0.39 is 29.9 Å². The first kappa shape index (κ1) is 22.1. The van der Waals surface area contributed by atoms with Crippen LogP contribution in [-0.4, -0.2) is 29.3 Å². The quantitative estimate of drug-likeness (QED) is 0.544. The summed E-state index contributed by atoms with van der Waals surface area (Å²) in [5, 5.41) is 14.5. The minimum Gasteiger partial charge on any atom is -0.323 e. The Morgan fingerprint density at radius 1 is 1.03 bits per heavy atom. The van der Waals surface area contributed by atoms with Gasteiger partial charge in [-0.3, -0.25) is 14.5 Å². The molecular weight excluding hydrogens is 436 g/mol. The van der Waals surface area contributed by atoms with Crippen molar-refractivity contribution in [3.63, 3.8) is 0 Å². The second-order valence-corrected chi connectivity index (χ2v) is 8.71. The standard InChI is InChI=1S/C25H20N4O3S/c1-25(18-13-11-17(15-26)12-14-18)23(31)29(24(32)28-25)16-22(30)27-20-9-5-6-10-21(20)33-19-7-3-2-4-8-19/h2-14H,16H2,1H3,(H,27,30)(H,28,32). The maximum atomic E-state index is 13.1. The van der Waals surface area contributed by atoms with Gasteiger partial charge in [0.25, 0.3) is 5.91 Å². The van der Waals surface area contributed by atoms with Crippen molar-refractivity contribution in [2.75, 3.05) is 11.9 Å². The van der Waals surface area contributed by atoms with Gasteiger partial charge in [-0.1, -0.05) is 54.2 Å². The third-order valence-corrected chi connectivity index (χ3v) is 6.38. The van der Waals surface area contributed by atoms with Crippen molar-refractivity contribution in [1.29, 1.82) is 5.26 Å². The topological polar surface area (TPSA) is 102 Å². The Morgan fingerprint density at radius 3 is 2.39 bits per heavy atom. The second-order valence-electron chi connectivity index (χ2n) is 7.60. The Bertz CT molecular complexity index is 1250. The predicted octanol–water partition coefficient (Wildman–Crippen LogP) is 4.12. The lowest BCUT2D eigenvalue weighted by Gasteiger charge is -2.22. The van der Waals surface area contributed by atoms with Crippen LogP contribution in [0.15, 0.2) is 88.7 Å². The van der Waals surface area contributed by atoms with Crippen LogP contribution in [0, 0.1) is 11.3 Å². The third kappa shape index (κ3) is 4.59. The lowest BCUT2D eigenvalue weighted by Crippen LogP contribution is -2.42. The number of hydrogen-bond acceptors (Lipinski definition) is 5. The molecule has 0 saturated carbocycles. The molecule has 4 rings (SSSR count). The summed E-state index contributed by atoms with van der Waals surface area (Å²) in [6.07, 6.45) is 0. The van der Waals surface area contributed by atoms with Crippen molar-refractivity contribution in [3.05, 3.63) is 90.0 Å². The van der Waals surface area contributed by atoms with Gasteiger partial charge in [0.05, 0.1) is 17.3 Å². The Hall–Kier alpha value is -4.09. The molecule has 4 amide bonds. The molecule has 1 fully saturated rings. The highest BCUT2D eigenvalue weighted by Crippen LogP contribution is 2.33. The molecule has 1 atom stereocenters. The van der Waals surface area contributed by atoms with Crippen molar-refractivity contribution in [1.82, 2.24) is 10.2 Å². The number of nitrogens with one attached hydrogen (secondary N) is 2. The van der Waals surface area contributed by atoms with Crippen LogP contribution in [0.5, 0.6) is 0 Å². The summed E-state index contributed by atoms with van der Waals surface area (Å²) in [6, 6.07) is 24.9. The number of nitrogens with zero attached hydrogens (tertiary/aromatic N) is 2. The van der Waals surface area contributed by atoms with Crippen molar-refractivity contribution in [3.8, 4) is 6.07 Å². The summed E-state index contributed by atoms with van der Waals surface area (Å²) in [7, 11) is 0. The van der Waals surface area contributed by atoms with E-state index in [0.717, 1.165) is 14.7 Å². The zero-order valence-electron chi connectivity index (χ0n) is 17.7. The van der Waals surface area contributed by atoms with Crippen LogP contribution in [0.1, 0.15) is 18.1 Å². The largest absolute Gasteiger partial charge is 0.325 e. The Kier molecular flexibility index (Phi) is 6.16. The number of nitriles is 1. The van der Waals surface area contributed by atoms with Crippen LogP contribution in [-0.2, 0) is 15.1 Å². The zero-order valence-corrected chi connectivity index (χ0v) is 18.6. The lowest BCUT2D eigenvalue weighted by atomic mass is 9.91. The molecule has 7 nitrogen and oxygen atoms in total. The minimum atomic E-state index is -1.31. The molecule has 3 aromatic carbocycles. The second kappa shape index (κ2) is 9.18. The van der Waals surface area contributed by atoms with Crippen LogP contribution in [0.3, 0.4) is 0 Å². The fourth-order valence-electron chi connectivity index (χ4n) is 3.52. The van der Waals surface area contributed by atoms with Crippen LogP contribution in [0.25, 0.3) is 0 Å². The van der Waals surface area contributed by atoms with Gasteiger partial charge < -0.3 is 10.6 Å². The highest BCUT2D eigenvalue weighted by Gasteiger charge is 2.49. The van der Waals surface area contributed by atoms with Crippen LogP contribution in [0.2, 0.25) is 0 Å². The number of rotatable bonds is 6. The van der Waals surface area contributed by atoms with Crippen molar-refractivity contribution < 1.29 is 14.4 Å². The molecular formula is C25H20N4O3S. The van der Waals surface area contributed by atoms with Gasteiger partial charge in [-0.15, -0.1) is 0 Å². The van der Waals surface area contributed by atoms with Crippen molar-refractivity contribution in [2.24, 2.45) is 0 Å². The van der Waals surface area contributed by atoms with Gasteiger partial charge in [-0.25, -0.2) is 4.79 Å². The number of urea groups is 1. The number of carbonyl (C=O) groups is 3. The van der Waals surface area contributed by atoms with E-state index in [1.54, 1.807) is 43.3 Å². The van der Waals surface area contributed by atoms with Gasteiger partial charge in [-0.05, 0) is 48.9 Å². The average molecular weight is 457 g/mol. The third-order valence-electron chi connectivity index (χ3n) is 5.30. The smallest absolute Gasteiger partial charge is 0.323 e. The van der Waals surface area contributed by atoms with Gasteiger partial charge in [0, 0.05) is 9.79 Å². The maximum absolute atomic E-state index is 13.1. The first-order chi connectivity index (χ1) is 15.9. The molecule has 0 spiro atoms. The molecule has 33 heavy (non-hydrogen) atoms. The molecule has 0 bridgehead atoms. The highest BCUT2D eigenvalue weighted by molar-refractivity contribution is 7.99. The number of benzene rings is 3. The van der Waals surface area contributed by atoms with Crippen LogP contribution >= 0.6 is 11.8 Å².